The maximum Gasteiger partial charge on any atom is 0.421 e. The number of hydrogen-bond acceptors (Lipinski definition) is 2. The number of rotatable bonds is 5. The van der Waals surface area contributed by atoms with Gasteiger partial charge in [-0.15, -0.1) is 0 Å². The molecule has 0 aliphatic carbocycles. The quantitative estimate of drug-likeness (QED) is 0.724. The molecule has 2 N–H and O–H groups in total. The van der Waals surface area contributed by atoms with Crippen molar-refractivity contribution in [2.75, 3.05) is 13.1 Å². The van der Waals surface area contributed by atoms with Crippen molar-refractivity contribution in [2.45, 2.75) is 13.3 Å². The Bertz CT molecular complexity index is 301. The van der Waals surface area contributed by atoms with Crippen molar-refractivity contribution in [3.63, 3.8) is 0 Å². The van der Waals surface area contributed by atoms with E-state index in [0.717, 1.165) is 12.0 Å². The molecule has 0 aliphatic heterocycles. The van der Waals surface area contributed by atoms with Crippen LogP contribution in [0, 0.1) is 0 Å². The van der Waals surface area contributed by atoms with Gasteiger partial charge in [0.25, 0.3) is 0 Å². The standard InChI is InChI=1S/C11H16N2O2/c1-2-12-13(11(14)15)9-8-10-6-4-3-5-7-10/h3-7,12H,2,8-9H2,1H3,(H,14,15). The predicted molar refractivity (Wildman–Crippen MR) is 58.6 cm³/mol. The van der Waals surface area contributed by atoms with Crippen LogP contribution in [0.3, 0.4) is 0 Å². The number of hydrazine groups is 1. The van der Waals surface area contributed by atoms with Gasteiger partial charge in [0, 0.05) is 13.1 Å². The monoisotopic (exact) mass is 208 g/mol. The zero-order valence-corrected chi connectivity index (χ0v) is 8.81. The number of benzene rings is 1. The molecule has 15 heavy (non-hydrogen) atoms. The number of nitrogens with zero attached hydrogens (tertiary/aromatic N) is 1. The van der Waals surface area contributed by atoms with Crippen LogP contribution in [0.15, 0.2) is 30.3 Å². The second-order valence-corrected chi connectivity index (χ2v) is 3.18. The van der Waals surface area contributed by atoms with Crippen LogP contribution < -0.4 is 5.43 Å². The van der Waals surface area contributed by atoms with Crippen molar-refractivity contribution < 1.29 is 9.90 Å². The summed E-state index contributed by atoms with van der Waals surface area (Å²) in [5.41, 5.74) is 3.93. The van der Waals surface area contributed by atoms with Crippen molar-refractivity contribution in [1.82, 2.24) is 10.4 Å². The highest BCUT2D eigenvalue weighted by molar-refractivity contribution is 5.64. The summed E-state index contributed by atoms with van der Waals surface area (Å²) < 4.78 is 0. The highest BCUT2D eigenvalue weighted by Gasteiger charge is 2.09. The number of nitrogens with one attached hydrogen (secondary N) is 1. The Kier molecular flexibility index (Phi) is 4.63. The maximum absolute atomic E-state index is 10.8. The molecule has 0 radical (unpaired) electrons. The Morgan fingerprint density at radius 3 is 2.60 bits per heavy atom. The third-order valence-electron chi connectivity index (χ3n) is 2.05. The van der Waals surface area contributed by atoms with Crippen LogP contribution in [0.4, 0.5) is 4.79 Å². The molecule has 1 aromatic carbocycles. The van der Waals surface area contributed by atoms with Crippen LogP contribution in [0.5, 0.6) is 0 Å². The fraction of sp³-hybridized carbons (Fsp3) is 0.364. The van der Waals surface area contributed by atoms with Gasteiger partial charge >= 0.3 is 6.09 Å². The molecular weight excluding hydrogens is 192 g/mol. The normalized spacial score (nSPS) is 9.93. The van der Waals surface area contributed by atoms with E-state index in [1.807, 2.05) is 37.3 Å². The van der Waals surface area contributed by atoms with Crippen LogP contribution in [0.1, 0.15) is 12.5 Å². The van der Waals surface area contributed by atoms with Crippen molar-refractivity contribution >= 4 is 6.09 Å². The SMILES string of the molecule is CCNN(CCc1ccccc1)C(=O)O. The Morgan fingerprint density at radius 2 is 2.07 bits per heavy atom. The first-order chi connectivity index (χ1) is 7.24. The Labute approximate surface area is 89.5 Å². The Balaban J connectivity index is 2.43. The van der Waals surface area contributed by atoms with Gasteiger partial charge in [-0.3, -0.25) is 0 Å². The van der Waals surface area contributed by atoms with E-state index in [4.69, 9.17) is 5.11 Å². The van der Waals surface area contributed by atoms with Crippen LogP contribution in [-0.4, -0.2) is 29.3 Å². The molecule has 4 heteroatoms. The fourth-order valence-corrected chi connectivity index (χ4v) is 1.32. The van der Waals surface area contributed by atoms with E-state index in [-0.39, 0.29) is 0 Å². The van der Waals surface area contributed by atoms with Crippen LogP contribution in [-0.2, 0) is 6.42 Å². The Hall–Kier alpha value is -1.55. The number of carbonyl (C=O) groups is 1. The van der Waals surface area contributed by atoms with Crippen LogP contribution >= 0.6 is 0 Å². The van der Waals surface area contributed by atoms with E-state index in [9.17, 15) is 4.79 Å². The lowest BCUT2D eigenvalue weighted by Gasteiger charge is -2.18. The van der Waals surface area contributed by atoms with Crippen LogP contribution in [0.25, 0.3) is 0 Å². The second-order valence-electron chi connectivity index (χ2n) is 3.18. The zero-order valence-electron chi connectivity index (χ0n) is 8.81. The smallest absolute Gasteiger partial charge is 0.421 e. The van der Waals surface area contributed by atoms with Gasteiger partial charge in [-0.05, 0) is 12.0 Å². The average molecular weight is 208 g/mol. The number of carboxylic acid groups (broad SMARTS) is 1. The molecule has 0 aromatic heterocycles. The second kappa shape index (κ2) is 6.03. The lowest BCUT2D eigenvalue weighted by Crippen LogP contribution is -2.43. The largest absolute Gasteiger partial charge is 0.464 e. The maximum atomic E-state index is 10.8. The van der Waals surface area contributed by atoms with Gasteiger partial charge in [-0.1, -0.05) is 37.3 Å². The van der Waals surface area contributed by atoms with Gasteiger partial charge in [0.05, 0.1) is 0 Å². The molecule has 0 heterocycles. The highest BCUT2D eigenvalue weighted by atomic mass is 16.4. The minimum atomic E-state index is -0.937. The molecule has 0 spiro atoms. The molecule has 0 fully saturated rings. The van der Waals surface area contributed by atoms with Crippen molar-refractivity contribution in [3.05, 3.63) is 35.9 Å². The molecule has 0 atom stereocenters. The molecule has 0 aliphatic rings. The summed E-state index contributed by atoms with van der Waals surface area (Å²) in [6, 6.07) is 9.84. The zero-order chi connectivity index (χ0) is 11.1. The van der Waals surface area contributed by atoms with Gasteiger partial charge in [0.15, 0.2) is 0 Å². The fourth-order valence-electron chi connectivity index (χ4n) is 1.32. The molecule has 0 saturated carbocycles. The average Bonchev–Trinajstić information content (AvgIpc) is 2.25. The number of hydrogen-bond donors (Lipinski definition) is 2. The van der Waals surface area contributed by atoms with Gasteiger partial charge in [0.2, 0.25) is 0 Å². The number of amides is 1. The van der Waals surface area contributed by atoms with Crippen molar-refractivity contribution in [2.24, 2.45) is 0 Å². The molecule has 1 rings (SSSR count). The first kappa shape index (κ1) is 11.5. The first-order valence-corrected chi connectivity index (χ1v) is 5.02. The summed E-state index contributed by atoms with van der Waals surface area (Å²) in [5, 5.41) is 10.1. The van der Waals surface area contributed by atoms with Crippen LogP contribution in [0.2, 0.25) is 0 Å². The summed E-state index contributed by atoms with van der Waals surface area (Å²) in [6.07, 6.45) is -0.215. The summed E-state index contributed by atoms with van der Waals surface area (Å²) in [4.78, 5) is 10.8. The van der Waals surface area contributed by atoms with Gasteiger partial charge in [0.1, 0.15) is 0 Å². The van der Waals surface area contributed by atoms with Crippen molar-refractivity contribution in [1.29, 1.82) is 0 Å². The molecule has 1 aromatic rings. The summed E-state index contributed by atoms with van der Waals surface area (Å²) in [7, 11) is 0. The van der Waals surface area contributed by atoms with Crippen molar-refractivity contribution in [3.8, 4) is 0 Å². The summed E-state index contributed by atoms with van der Waals surface area (Å²) in [5.74, 6) is 0. The van der Waals surface area contributed by atoms with E-state index < -0.39 is 6.09 Å². The van der Waals surface area contributed by atoms with E-state index in [1.165, 1.54) is 5.01 Å². The van der Waals surface area contributed by atoms with E-state index in [0.29, 0.717) is 13.1 Å². The van der Waals surface area contributed by atoms with Gasteiger partial charge in [-0.25, -0.2) is 15.2 Å². The molecular formula is C11H16N2O2. The lowest BCUT2D eigenvalue weighted by atomic mass is 10.1. The molecule has 0 saturated heterocycles. The first-order valence-electron chi connectivity index (χ1n) is 5.02. The van der Waals surface area contributed by atoms with Gasteiger partial charge in [-0.2, -0.15) is 0 Å². The van der Waals surface area contributed by atoms with E-state index in [1.54, 1.807) is 0 Å². The molecule has 0 unspecified atom stereocenters. The predicted octanol–water partition coefficient (Wildman–Crippen LogP) is 1.73. The lowest BCUT2D eigenvalue weighted by molar-refractivity contribution is 0.122. The highest BCUT2D eigenvalue weighted by Crippen LogP contribution is 2.00. The van der Waals surface area contributed by atoms with Gasteiger partial charge < -0.3 is 5.11 Å². The third-order valence-corrected chi connectivity index (χ3v) is 2.05. The minimum absolute atomic E-state index is 0.465. The van der Waals surface area contributed by atoms with E-state index in [2.05, 4.69) is 5.43 Å². The molecule has 82 valence electrons. The third kappa shape index (κ3) is 3.99. The minimum Gasteiger partial charge on any atom is -0.464 e. The Morgan fingerprint density at radius 1 is 1.40 bits per heavy atom. The summed E-state index contributed by atoms with van der Waals surface area (Å²) in [6.45, 7) is 2.95. The summed E-state index contributed by atoms with van der Waals surface area (Å²) >= 11 is 0. The van der Waals surface area contributed by atoms with E-state index >= 15 is 0 Å². The topological polar surface area (TPSA) is 52.6 Å². The molecule has 1 amide bonds. The molecule has 0 bridgehead atoms. The molecule has 4 nitrogen and oxygen atoms in total.